The summed E-state index contributed by atoms with van der Waals surface area (Å²) in [5, 5.41) is 30.7. The zero-order valence-corrected chi connectivity index (χ0v) is 13.5. The van der Waals surface area contributed by atoms with Crippen LogP contribution in [0.1, 0.15) is 22.8 Å². The largest absolute Gasteiger partial charge is 0.445 e. The highest BCUT2D eigenvalue weighted by atomic mass is 19.1. The van der Waals surface area contributed by atoms with Gasteiger partial charge in [0.2, 0.25) is 0 Å². The average molecular weight is 362 g/mol. The van der Waals surface area contributed by atoms with Gasteiger partial charge in [0.1, 0.15) is 36.5 Å². The summed E-state index contributed by atoms with van der Waals surface area (Å²) in [5.74, 6) is -2.06. The molecular weight excluding hydrogens is 346 g/mol. The van der Waals surface area contributed by atoms with Crippen molar-refractivity contribution in [2.75, 3.05) is 6.54 Å². The maximum absolute atomic E-state index is 13.8. The Bertz CT molecular complexity index is 809. The second-order valence-electron chi connectivity index (χ2n) is 5.42. The van der Waals surface area contributed by atoms with E-state index in [9.17, 15) is 23.8 Å². The molecule has 0 aliphatic heterocycles. The van der Waals surface area contributed by atoms with Crippen LogP contribution in [-0.4, -0.2) is 29.0 Å². The van der Waals surface area contributed by atoms with Crippen molar-refractivity contribution in [2.24, 2.45) is 0 Å². The number of nitrogens with one attached hydrogen (secondary N) is 1. The van der Waals surface area contributed by atoms with Gasteiger partial charge in [0.25, 0.3) is 0 Å². The van der Waals surface area contributed by atoms with E-state index < -0.39 is 47.6 Å². The first kappa shape index (κ1) is 19.3. The second-order valence-corrected chi connectivity index (χ2v) is 5.42. The molecule has 0 spiro atoms. The Morgan fingerprint density at radius 2 is 1.88 bits per heavy atom. The molecule has 8 heteroatoms. The van der Waals surface area contributed by atoms with Crippen molar-refractivity contribution in [1.82, 2.24) is 5.32 Å². The zero-order chi connectivity index (χ0) is 19.1. The quantitative estimate of drug-likeness (QED) is 0.731. The van der Waals surface area contributed by atoms with Crippen molar-refractivity contribution < 1.29 is 28.5 Å². The van der Waals surface area contributed by atoms with Crippen LogP contribution < -0.4 is 5.32 Å². The molecule has 2 aromatic carbocycles. The minimum atomic E-state index is -1.80. The summed E-state index contributed by atoms with van der Waals surface area (Å²) in [7, 11) is 0. The molecule has 0 aromatic heterocycles. The van der Waals surface area contributed by atoms with Crippen molar-refractivity contribution >= 4 is 6.09 Å². The zero-order valence-electron chi connectivity index (χ0n) is 13.5. The number of ether oxygens (including phenoxy) is 1. The van der Waals surface area contributed by atoms with Gasteiger partial charge in [-0.25, -0.2) is 13.6 Å². The molecule has 0 aliphatic rings. The number of nitriles is 1. The number of amides is 1. The number of benzene rings is 2. The maximum atomic E-state index is 13.8. The van der Waals surface area contributed by atoms with E-state index in [0.717, 1.165) is 5.56 Å². The van der Waals surface area contributed by atoms with Gasteiger partial charge in [-0.05, 0) is 17.7 Å². The SMILES string of the molecule is N#Cc1cc(F)c(C(O)C(O)CNC(=O)OCc2ccccc2)cc1F. The Balaban J connectivity index is 1.89. The van der Waals surface area contributed by atoms with E-state index in [0.29, 0.717) is 12.1 Å². The van der Waals surface area contributed by atoms with Crippen molar-refractivity contribution in [1.29, 1.82) is 5.26 Å². The number of aliphatic hydroxyl groups excluding tert-OH is 2. The number of halogens is 2. The first-order valence-electron chi connectivity index (χ1n) is 7.62. The van der Waals surface area contributed by atoms with Crippen LogP contribution in [0.3, 0.4) is 0 Å². The Kier molecular flexibility index (Phi) is 6.60. The lowest BCUT2D eigenvalue weighted by Crippen LogP contribution is -2.36. The van der Waals surface area contributed by atoms with Crippen LogP contribution in [0, 0.1) is 23.0 Å². The van der Waals surface area contributed by atoms with E-state index in [-0.39, 0.29) is 6.61 Å². The first-order chi connectivity index (χ1) is 12.4. The number of aliphatic hydroxyl groups is 2. The molecule has 2 unspecified atom stereocenters. The van der Waals surface area contributed by atoms with Crippen LogP contribution in [0.25, 0.3) is 0 Å². The number of carbonyl (C=O) groups is 1. The minimum Gasteiger partial charge on any atom is -0.445 e. The van der Waals surface area contributed by atoms with Gasteiger partial charge in [0.15, 0.2) is 0 Å². The van der Waals surface area contributed by atoms with Gasteiger partial charge in [-0.15, -0.1) is 0 Å². The summed E-state index contributed by atoms with van der Waals surface area (Å²) in [6, 6.07) is 11.6. The summed E-state index contributed by atoms with van der Waals surface area (Å²) in [4.78, 5) is 11.6. The summed E-state index contributed by atoms with van der Waals surface area (Å²) in [6.45, 7) is -0.434. The van der Waals surface area contributed by atoms with Crippen LogP contribution in [0.2, 0.25) is 0 Å². The molecule has 0 bridgehead atoms. The van der Waals surface area contributed by atoms with Crippen LogP contribution >= 0.6 is 0 Å². The van der Waals surface area contributed by atoms with Gasteiger partial charge in [-0.2, -0.15) is 5.26 Å². The molecule has 136 valence electrons. The van der Waals surface area contributed by atoms with Crippen LogP contribution in [0.4, 0.5) is 13.6 Å². The van der Waals surface area contributed by atoms with Crippen molar-refractivity contribution in [2.45, 2.75) is 18.8 Å². The van der Waals surface area contributed by atoms with Crippen molar-refractivity contribution in [3.63, 3.8) is 0 Å². The molecule has 0 heterocycles. The number of hydrogen-bond donors (Lipinski definition) is 3. The van der Waals surface area contributed by atoms with Gasteiger partial charge in [0, 0.05) is 12.1 Å². The number of alkyl carbamates (subject to hydrolysis) is 1. The second kappa shape index (κ2) is 8.89. The molecule has 3 N–H and O–H groups in total. The van der Waals surface area contributed by atoms with E-state index in [1.165, 1.54) is 6.07 Å². The lowest BCUT2D eigenvalue weighted by molar-refractivity contribution is 0.0162. The summed E-state index contributed by atoms with van der Waals surface area (Å²) < 4.78 is 32.3. The maximum Gasteiger partial charge on any atom is 0.407 e. The fourth-order valence-corrected chi connectivity index (χ4v) is 2.16. The fourth-order valence-electron chi connectivity index (χ4n) is 2.16. The molecule has 0 aliphatic carbocycles. The lowest BCUT2D eigenvalue weighted by atomic mass is 10.0. The van der Waals surface area contributed by atoms with E-state index in [1.807, 2.05) is 6.07 Å². The van der Waals surface area contributed by atoms with Crippen LogP contribution in [-0.2, 0) is 11.3 Å². The molecule has 0 radical (unpaired) electrons. The predicted molar refractivity (Wildman–Crippen MR) is 86.7 cm³/mol. The topological polar surface area (TPSA) is 103 Å². The molecular formula is C18H16F2N2O4. The molecule has 0 saturated carbocycles. The number of rotatable bonds is 6. The van der Waals surface area contributed by atoms with Gasteiger partial charge >= 0.3 is 6.09 Å². The molecule has 26 heavy (non-hydrogen) atoms. The number of nitrogens with zero attached hydrogens (tertiary/aromatic N) is 1. The Morgan fingerprint density at radius 1 is 1.19 bits per heavy atom. The van der Waals surface area contributed by atoms with Crippen LogP contribution in [0.5, 0.6) is 0 Å². The highest BCUT2D eigenvalue weighted by Gasteiger charge is 2.24. The molecule has 2 rings (SSSR count). The molecule has 1 amide bonds. The lowest BCUT2D eigenvalue weighted by Gasteiger charge is -2.19. The van der Waals surface area contributed by atoms with E-state index in [4.69, 9.17) is 10.00 Å². The Morgan fingerprint density at radius 3 is 2.54 bits per heavy atom. The summed E-state index contributed by atoms with van der Waals surface area (Å²) in [6.07, 6.45) is -4.25. The summed E-state index contributed by atoms with van der Waals surface area (Å²) >= 11 is 0. The monoisotopic (exact) mass is 362 g/mol. The van der Waals surface area contributed by atoms with Gasteiger partial charge in [-0.3, -0.25) is 0 Å². The molecule has 2 atom stereocenters. The summed E-state index contributed by atoms with van der Waals surface area (Å²) in [5.41, 5.74) is -0.276. The fraction of sp³-hybridized carbons (Fsp3) is 0.222. The van der Waals surface area contributed by atoms with Crippen molar-refractivity contribution in [3.8, 4) is 6.07 Å². The number of carbonyl (C=O) groups excluding carboxylic acids is 1. The van der Waals surface area contributed by atoms with Gasteiger partial charge < -0.3 is 20.3 Å². The molecule has 0 fully saturated rings. The predicted octanol–water partition coefficient (Wildman–Crippen LogP) is 2.16. The molecule has 6 nitrogen and oxygen atoms in total. The minimum absolute atomic E-state index is 0.0147. The van der Waals surface area contributed by atoms with E-state index >= 15 is 0 Å². The van der Waals surface area contributed by atoms with E-state index in [2.05, 4.69) is 5.32 Å². The first-order valence-corrected chi connectivity index (χ1v) is 7.62. The highest BCUT2D eigenvalue weighted by Crippen LogP contribution is 2.23. The Labute approximate surface area is 148 Å². The van der Waals surface area contributed by atoms with Gasteiger partial charge in [0.05, 0.1) is 5.56 Å². The smallest absolute Gasteiger partial charge is 0.407 e. The average Bonchev–Trinajstić information content (AvgIpc) is 2.66. The van der Waals surface area contributed by atoms with E-state index in [1.54, 1.807) is 24.3 Å². The Hall–Kier alpha value is -3.02. The van der Waals surface area contributed by atoms with Crippen LogP contribution in [0.15, 0.2) is 42.5 Å². The normalized spacial score (nSPS) is 12.7. The number of hydrogen-bond acceptors (Lipinski definition) is 5. The third-order valence-electron chi connectivity index (χ3n) is 3.56. The third kappa shape index (κ3) is 4.99. The van der Waals surface area contributed by atoms with Gasteiger partial charge in [-0.1, -0.05) is 30.3 Å². The standard InChI is InChI=1S/C18H16F2N2O4/c19-14-7-13(15(20)6-12(14)8-21)17(24)16(23)9-22-18(25)26-10-11-4-2-1-3-5-11/h1-7,16-17,23-24H,9-10H2,(H,22,25). The third-order valence-corrected chi connectivity index (χ3v) is 3.56. The highest BCUT2D eigenvalue weighted by molar-refractivity contribution is 5.67. The molecule has 0 saturated heterocycles. The molecule has 2 aromatic rings. The van der Waals surface area contributed by atoms with Crippen molar-refractivity contribution in [3.05, 3.63) is 70.8 Å².